The number of hydrogen-bond donors (Lipinski definition) is 2. The molecule has 0 aliphatic carbocycles. The number of nitriles is 1. The Hall–Kier alpha value is -5.12. The summed E-state index contributed by atoms with van der Waals surface area (Å²) in [5.41, 5.74) is 1.39. The molecule has 11 nitrogen and oxygen atoms in total. The van der Waals surface area contributed by atoms with Gasteiger partial charge in [0.25, 0.3) is 11.1 Å². The number of rotatable bonds is 8. The van der Waals surface area contributed by atoms with Gasteiger partial charge in [-0.05, 0) is 74.6 Å². The lowest BCUT2D eigenvalue weighted by atomic mass is 9.85. The summed E-state index contributed by atoms with van der Waals surface area (Å²) in [6, 6.07) is 15.2. The number of aryl methyl sites for hydroxylation is 2. The third kappa shape index (κ3) is 5.41. The molecule has 6 rings (SSSR count). The first-order chi connectivity index (χ1) is 21.5. The quantitative estimate of drug-likeness (QED) is 0.271. The van der Waals surface area contributed by atoms with Crippen molar-refractivity contribution in [3.05, 3.63) is 98.1 Å². The van der Waals surface area contributed by atoms with Crippen LogP contribution in [-0.2, 0) is 32.7 Å². The second kappa shape index (κ2) is 11.4. The van der Waals surface area contributed by atoms with Gasteiger partial charge < -0.3 is 10.4 Å². The predicted molar refractivity (Wildman–Crippen MR) is 169 cm³/mol. The minimum absolute atomic E-state index is 0.125. The third-order valence-corrected chi connectivity index (χ3v) is 8.44. The first kappa shape index (κ1) is 29.9. The summed E-state index contributed by atoms with van der Waals surface area (Å²) in [5, 5.41) is 32.4. The Labute approximate surface area is 258 Å². The molecule has 1 aliphatic heterocycles. The molecule has 0 bridgehead atoms. The smallest absolute Gasteiger partial charge is 0.290 e. The van der Waals surface area contributed by atoms with Gasteiger partial charge in [0.2, 0.25) is 0 Å². The number of fused-ring (bicyclic) bond motifs is 1. The summed E-state index contributed by atoms with van der Waals surface area (Å²) in [5.74, 6) is -0.214. The van der Waals surface area contributed by atoms with Crippen LogP contribution in [0.3, 0.4) is 0 Å². The monoisotopic (exact) mass is 608 g/mol. The highest BCUT2D eigenvalue weighted by Gasteiger charge is 2.24. The summed E-state index contributed by atoms with van der Waals surface area (Å²) < 4.78 is 19.7. The van der Waals surface area contributed by atoms with Gasteiger partial charge in [0.1, 0.15) is 11.5 Å². The molecule has 12 heteroatoms. The topological polar surface area (TPSA) is 134 Å². The lowest BCUT2D eigenvalue weighted by Crippen LogP contribution is -2.36. The second-order valence-electron chi connectivity index (χ2n) is 11.9. The highest BCUT2D eigenvalue weighted by molar-refractivity contribution is 5.84. The van der Waals surface area contributed by atoms with Gasteiger partial charge in [0.15, 0.2) is 5.82 Å². The van der Waals surface area contributed by atoms with E-state index < -0.39 is 23.4 Å². The average Bonchev–Trinajstić information content (AvgIpc) is 3.34. The van der Waals surface area contributed by atoms with Crippen LogP contribution in [0.5, 0.6) is 0 Å². The van der Waals surface area contributed by atoms with Crippen molar-refractivity contribution < 1.29 is 9.50 Å². The van der Waals surface area contributed by atoms with Gasteiger partial charge in [-0.3, -0.25) is 23.7 Å². The molecule has 2 N–H and O–H groups in total. The van der Waals surface area contributed by atoms with E-state index in [-0.39, 0.29) is 16.6 Å². The van der Waals surface area contributed by atoms with Gasteiger partial charge >= 0.3 is 0 Å². The molecule has 1 saturated heterocycles. The largest absolute Gasteiger partial charge is 0.392 e. The number of aromatic nitrogens is 5. The number of aliphatic hydroxyl groups is 1. The zero-order valence-electron chi connectivity index (χ0n) is 25.5. The maximum absolute atomic E-state index is 15.4. The molecular weight excluding hydrogens is 575 g/mol. The van der Waals surface area contributed by atoms with Gasteiger partial charge in [-0.15, -0.1) is 0 Å². The molecule has 0 amide bonds. The van der Waals surface area contributed by atoms with Crippen LogP contribution >= 0.6 is 0 Å². The fraction of sp³-hybridized carbons (Fsp3) is 0.303. The van der Waals surface area contributed by atoms with E-state index in [1.165, 1.54) is 35.0 Å². The van der Waals surface area contributed by atoms with E-state index in [0.29, 0.717) is 39.3 Å². The highest BCUT2D eigenvalue weighted by atomic mass is 19.1. The normalized spacial score (nSPS) is 13.5. The van der Waals surface area contributed by atoms with E-state index in [4.69, 9.17) is 0 Å². The molecule has 0 saturated carbocycles. The molecule has 3 aromatic heterocycles. The Balaban J connectivity index is 1.41. The van der Waals surface area contributed by atoms with Gasteiger partial charge in [0.05, 0.1) is 40.6 Å². The first-order valence-corrected chi connectivity index (χ1v) is 14.6. The van der Waals surface area contributed by atoms with Crippen LogP contribution in [0.2, 0.25) is 0 Å². The maximum Gasteiger partial charge on any atom is 0.290 e. The summed E-state index contributed by atoms with van der Waals surface area (Å²) >= 11 is 0. The standard InChI is InChI=1S/C33H33FN8O3/c1-33(2,19-35)21-13-20-9-12-42(32(45)30(20)25(34)14-21)28-8-5-7-23(24(28)18-43)26-16-27(31(44)40(4)37-26)36-29-15-22(39(3)38-29)17-41-10-6-11-41/h5,7-9,12-16,43H,6,10-11,17-18H2,1-4H3,(H,36,38). The summed E-state index contributed by atoms with van der Waals surface area (Å²) in [7, 11) is 3.40. The van der Waals surface area contributed by atoms with Crippen molar-refractivity contribution in [3.63, 3.8) is 0 Å². The number of likely N-dealkylation sites (tertiary alicyclic amines) is 1. The van der Waals surface area contributed by atoms with E-state index in [0.717, 1.165) is 25.3 Å². The molecular formula is C33H33FN8O3. The maximum atomic E-state index is 15.4. The minimum atomic E-state index is -0.939. The van der Waals surface area contributed by atoms with Crippen molar-refractivity contribution in [3.8, 4) is 23.0 Å². The van der Waals surface area contributed by atoms with Gasteiger partial charge in [-0.2, -0.15) is 15.5 Å². The van der Waals surface area contributed by atoms with Crippen molar-refractivity contribution in [1.82, 2.24) is 29.0 Å². The molecule has 1 aliphatic rings. The zero-order chi connectivity index (χ0) is 32.0. The van der Waals surface area contributed by atoms with Crippen LogP contribution in [-0.4, -0.2) is 47.2 Å². The Morgan fingerprint density at radius 3 is 2.51 bits per heavy atom. The fourth-order valence-electron chi connectivity index (χ4n) is 5.60. The van der Waals surface area contributed by atoms with Crippen LogP contribution in [0.1, 0.15) is 37.1 Å². The lowest BCUT2D eigenvalue weighted by Gasteiger charge is -2.30. The molecule has 2 aromatic carbocycles. The molecule has 230 valence electrons. The average molecular weight is 609 g/mol. The van der Waals surface area contributed by atoms with E-state index in [9.17, 15) is 20.0 Å². The Morgan fingerprint density at radius 1 is 1.04 bits per heavy atom. The number of aliphatic hydroxyl groups excluding tert-OH is 1. The van der Waals surface area contributed by atoms with Crippen LogP contribution in [0, 0.1) is 17.1 Å². The van der Waals surface area contributed by atoms with Gasteiger partial charge in [-0.25, -0.2) is 9.07 Å². The van der Waals surface area contributed by atoms with Crippen LogP contribution in [0.4, 0.5) is 15.9 Å². The summed E-state index contributed by atoms with van der Waals surface area (Å²) in [4.78, 5) is 29.1. The minimum Gasteiger partial charge on any atom is -0.392 e. The molecule has 5 aromatic rings. The molecule has 45 heavy (non-hydrogen) atoms. The van der Waals surface area contributed by atoms with Crippen molar-refractivity contribution in [2.45, 2.75) is 38.8 Å². The third-order valence-electron chi connectivity index (χ3n) is 8.44. The number of nitrogens with one attached hydrogen (secondary N) is 1. The van der Waals surface area contributed by atoms with Gasteiger partial charge in [0, 0.05) is 44.0 Å². The molecule has 4 heterocycles. The van der Waals surface area contributed by atoms with Crippen molar-refractivity contribution >= 4 is 22.3 Å². The van der Waals surface area contributed by atoms with Crippen LogP contribution in [0.25, 0.3) is 27.7 Å². The Bertz CT molecular complexity index is 2120. The molecule has 0 unspecified atom stereocenters. The number of nitrogens with zero attached hydrogens (tertiary/aromatic N) is 7. The SMILES string of the molecule is Cn1nc(Nc2cc(-c3cccc(-n4ccc5cc(C(C)(C)C#N)cc(F)c5c4=O)c3CO)nn(C)c2=O)cc1CN1CCC1. The molecule has 0 spiro atoms. The Morgan fingerprint density at radius 2 is 1.82 bits per heavy atom. The first-order valence-electron chi connectivity index (χ1n) is 14.6. The van der Waals surface area contributed by atoms with Gasteiger partial charge in [-0.1, -0.05) is 12.1 Å². The van der Waals surface area contributed by atoms with Crippen molar-refractivity contribution in [2.24, 2.45) is 14.1 Å². The molecule has 0 atom stereocenters. The number of pyridine rings is 1. The second-order valence-corrected chi connectivity index (χ2v) is 11.9. The van der Waals surface area contributed by atoms with Crippen molar-refractivity contribution in [2.75, 3.05) is 18.4 Å². The number of halogens is 1. The lowest BCUT2D eigenvalue weighted by molar-refractivity contribution is 0.168. The van der Waals surface area contributed by atoms with E-state index in [2.05, 4.69) is 26.5 Å². The molecule has 0 radical (unpaired) electrons. The predicted octanol–water partition coefficient (Wildman–Crippen LogP) is 3.87. The van der Waals surface area contributed by atoms with Crippen molar-refractivity contribution in [1.29, 1.82) is 5.26 Å². The van der Waals surface area contributed by atoms with Crippen LogP contribution in [0.15, 0.2) is 64.3 Å². The number of benzene rings is 2. The fourth-order valence-corrected chi connectivity index (χ4v) is 5.60. The van der Waals surface area contributed by atoms with E-state index in [1.807, 2.05) is 13.1 Å². The number of anilines is 2. The summed E-state index contributed by atoms with van der Waals surface area (Å²) in [6.07, 6.45) is 2.70. The highest BCUT2D eigenvalue weighted by Crippen LogP contribution is 2.30. The van der Waals surface area contributed by atoms with Crippen LogP contribution < -0.4 is 16.4 Å². The van der Waals surface area contributed by atoms with E-state index in [1.54, 1.807) is 54.9 Å². The van der Waals surface area contributed by atoms with E-state index >= 15 is 4.39 Å². The number of hydrogen-bond acceptors (Lipinski definition) is 8. The summed E-state index contributed by atoms with van der Waals surface area (Å²) in [6.45, 7) is 5.79. The Kier molecular flexibility index (Phi) is 7.60. The zero-order valence-corrected chi connectivity index (χ0v) is 25.5. The molecule has 1 fully saturated rings.